The third-order valence-corrected chi connectivity index (χ3v) is 2.06. The molecule has 0 atom stereocenters. The Morgan fingerprint density at radius 2 is 2.19 bits per heavy atom. The molecule has 0 aliphatic rings. The van der Waals surface area contributed by atoms with Crippen molar-refractivity contribution in [3.8, 4) is 0 Å². The second-order valence-electron chi connectivity index (χ2n) is 3.18. The Hall–Kier alpha value is -2.17. The quantitative estimate of drug-likeness (QED) is 0.425. The van der Waals surface area contributed by atoms with Crippen LogP contribution in [-0.4, -0.2) is 11.2 Å². The summed E-state index contributed by atoms with van der Waals surface area (Å²) in [5.41, 5.74) is 0.530. The van der Waals surface area contributed by atoms with E-state index in [1.807, 2.05) is 13.0 Å². The van der Waals surface area contributed by atoms with Crippen LogP contribution < -0.4 is 9.79 Å². The summed E-state index contributed by atoms with van der Waals surface area (Å²) in [6, 6.07) is 8.83. The van der Waals surface area contributed by atoms with Gasteiger partial charge in [-0.3, -0.25) is 4.52 Å². The first kappa shape index (κ1) is 10.4. The molecule has 0 saturated heterocycles. The molecule has 1 aromatic carbocycles. The maximum absolute atomic E-state index is 11.6. The molecule has 1 heterocycles. The Morgan fingerprint density at radius 3 is 2.81 bits per heavy atom. The summed E-state index contributed by atoms with van der Waals surface area (Å²) in [4.78, 5) is 3.81. The van der Waals surface area contributed by atoms with Gasteiger partial charge in [0.1, 0.15) is 0 Å². The minimum absolute atomic E-state index is 0.218. The predicted octanol–water partition coefficient (Wildman–Crippen LogP) is 0.421. The van der Waals surface area contributed by atoms with Gasteiger partial charge in [0.15, 0.2) is 6.54 Å². The first-order valence-electron chi connectivity index (χ1n) is 4.97. The topological polar surface area (TPSA) is 65.3 Å². The third kappa shape index (κ3) is 2.25. The summed E-state index contributed by atoms with van der Waals surface area (Å²) >= 11 is 0. The van der Waals surface area contributed by atoms with Crippen molar-refractivity contribution in [2.75, 3.05) is 0 Å². The lowest BCUT2D eigenvalue weighted by atomic mass is 10.2. The largest absolute Gasteiger partial charge is 0.858 e. The number of hydrogen-bond acceptors (Lipinski definition) is 4. The molecule has 2 rings (SSSR count). The van der Waals surface area contributed by atoms with Gasteiger partial charge in [-0.25, -0.2) is 4.99 Å². The molecular formula is C11H11N3O2. The molecule has 0 aliphatic carbocycles. The second-order valence-corrected chi connectivity index (χ2v) is 3.18. The maximum Gasteiger partial charge on any atom is 0.320 e. The molecule has 0 amide bonds. The van der Waals surface area contributed by atoms with E-state index in [0.717, 1.165) is 0 Å². The molecule has 0 radical (unpaired) electrons. The zero-order chi connectivity index (χ0) is 11.4. The zero-order valence-corrected chi connectivity index (χ0v) is 8.83. The van der Waals surface area contributed by atoms with E-state index in [4.69, 9.17) is 4.52 Å². The molecule has 5 nitrogen and oxygen atoms in total. The molecule has 82 valence electrons. The lowest BCUT2D eigenvalue weighted by Crippen LogP contribution is -2.32. The van der Waals surface area contributed by atoms with Crippen LogP contribution in [0.2, 0.25) is 0 Å². The molecule has 1 aromatic heterocycles. The molecule has 0 N–H and O–H groups in total. The predicted molar refractivity (Wildman–Crippen MR) is 55.0 cm³/mol. The normalized spacial score (nSPS) is 11.7. The van der Waals surface area contributed by atoms with Gasteiger partial charge in [-0.15, -0.1) is 0 Å². The van der Waals surface area contributed by atoms with Crippen LogP contribution in [0.4, 0.5) is 5.88 Å². The Balaban J connectivity index is 2.24. The standard InChI is InChI=1S/C11H11N3O2/c1-2-14-8-10(16-13-14)12-11(15)9-6-4-3-5-7-9/h3-8H,2H2,1H3. The van der Waals surface area contributed by atoms with E-state index >= 15 is 0 Å². The average molecular weight is 217 g/mol. The average Bonchev–Trinajstić information content (AvgIpc) is 2.78. The van der Waals surface area contributed by atoms with Gasteiger partial charge in [0.05, 0.1) is 0 Å². The van der Waals surface area contributed by atoms with Crippen LogP contribution in [0.5, 0.6) is 0 Å². The maximum atomic E-state index is 11.6. The molecule has 2 aromatic rings. The first-order chi connectivity index (χ1) is 7.79. The highest BCUT2D eigenvalue weighted by molar-refractivity contribution is 5.91. The van der Waals surface area contributed by atoms with Crippen molar-refractivity contribution in [3.63, 3.8) is 0 Å². The van der Waals surface area contributed by atoms with Crippen molar-refractivity contribution in [3.05, 3.63) is 42.1 Å². The van der Waals surface area contributed by atoms with Crippen LogP contribution in [0.1, 0.15) is 12.5 Å². The van der Waals surface area contributed by atoms with Gasteiger partial charge in [0, 0.05) is 0 Å². The van der Waals surface area contributed by atoms with Crippen LogP contribution in [0.3, 0.4) is 0 Å². The number of aryl methyl sites for hydroxylation is 1. The van der Waals surface area contributed by atoms with Crippen molar-refractivity contribution < 1.29 is 14.3 Å². The van der Waals surface area contributed by atoms with E-state index in [9.17, 15) is 5.11 Å². The van der Waals surface area contributed by atoms with Crippen LogP contribution in [0, 0.1) is 0 Å². The summed E-state index contributed by atoms with van der Waals surface area (Å²) < 4.78 is 6.44. The molecule has 16 heavy (non-hydrogen) atoms. The van der Waals surface area contributed by atoms with Gasteiger partial charge in [0.25, 0.3) is 6.20 Å². The van der Waals surface area contributed by atoms with Gasteiger partial charge < -0.3 is 5.11 Å². The van der Waals surface area contributed by atoms with Crippen molar-refractivity contribution in [2.24, 2.45) is 4.99 Å². The van der Waals surface area contributed by atoms with Crippen molar-refractivity contribution in [2.45, 2.75) is 13.5 Å². The number of rotatable bonds is 3. The number of nitrogens with zero attached hydrogens (tertiary/aromatic N) is 3. The van der Waals surface area contributed by atoms with Gasteiger partial charge in [-0.05, 0) is 18.4 Å². The van der Waals surface area contributed by atoms with E-state index in [-0.39, 0.29) is 11.8 Å². The second kappa shape index (κ2) is 4.57. The van der Waals surface area contributed by atoms with Crippen molar-refractivity contribution >= 4 is 11.8 Å². The third-order valence-electron chi connectivity index (χ3n) is 2.06. The van der Waals surface area contributed by atoms with Gasteiger partial charge in [0.2, 0.25) is 5.27 Å². The van der Waals surface area contributed by atoms with E-state index in [1.165, 1.54) is 0 Å². The smallest absolute Gasteiger partial charge is 0.320 e. The number of hydrogen-bond donors (Lipinski definition) is 0. The SMILES string of the molecule is CC[n+]1cc(/N=C(\[O-])c2ccccc2)on1. The summed E-state index contributed by atoms with van der Waals surface area (Å²) in [5.74, 6) is -0.115. The highest BCUT2D eigenvalue weighted by atomic mass is 16.5. The summed E-state index contributed by atoms with van der Waals surface area (Å²) in [5, 5.41) is 15.3. The molecule has 0 saturated carbocycles. The highest BCUT2D eigenvalue weighted by Gasteiger charge is 2.06. The monoisotopic (exact) mass is 217 g/mol. The molecule has 0 fully saturated rings. The highest BCUT2D eigenvalue weighted by Crippen LogP contribution is 2.08. The van der Waals surface area contributed by atoms with Gasteiger partial charge in [-0.2, -0.15) is 0 Å². The summed E-state index contributed by atoms with van der Waals surface area (Å²) in [6.45, 7) is 2.60. The van der Waals surface area contributed by atoms with E-state index in [0.29, 0.717) is 12.1 Å². The Labute approximate surface area is 92.6 Å². The lowest BCUT2D eigenvalue weighted by molar-refractivity contribution is -0.759. The number of aliphatic imine (C=N–C) groups is 1. The minimum atomic E-state index is -0.333. The first-order valence-corrected chi connectivity index (χ1v) is 4.97. The molecular weight excluding hydrogens is 206 g/mol. The number of benzene rings is 1. The summed E-state index contributed by atoms with van der Waals surface area (Å²) in [6.07, 6.45) is 1.58. The molecule has 5 heteroatoms. The van der Waals surface area contributed by atoms with Crippen LogP contribution >= 0.6 is 0 Å². The van der Waals surface area contributed by atoms with Crippen molar-refractivity contribution in [1.82, 2.24) is 5.27 Å². The van der Waals surface area contributed by atoms with E-state index in [1.54, 1.807) is 35.1 Å². The lowest BCUT2D eigenvalue weighted by Gasteiger charge is -2.07. The zero-order valence-electron chi connectivity index (χ0n) is 8.83. The Kier molecular flexibility index (Phi) is 2.95. The fraction of sp³-hybridized carbons (Fsp3) is 0.182. The van der Waals surface area contributed by atoms with Crippen LogP contribution in [0.25, 0.3) is 0 Å². The van der Waals surface area contributed by atoms with E-state index in [2.05, 4.69) is 10.3 Å². The summed E-state index contributed by atoms with van der Waals surface area (Å²) in [7, 11) is 0. The number of aromatic nitrogens is 2. The molecule has 0 aliphatic heterocycles. The molecule has 0 spiro atoms. The molecule has 0 unspecified atom stereocenters. The molecule has 0 bridgehead atoms. The van der Waals surface area contributed by atoms with Crippen LogP contribution in [0.15, 0.2) is 46.0 Å². The van der Waals surface area contributed by atoms with Crippen molar-refractivity contribution in [1.29, 1.82) is 0 Å². The minimum Gasteiger partial charge on any atom is -0.858 e. The Bertz CT molecular complexity index is 491. The van der Waals surface area contributed by atoms with E-state index < -0.39 is 0 Å². The van der Waals surface area contributed by atoms with Crippen LogP contribution in [-0.2, 0) is 6.54 Å². The fourth-order valence-electron chi connectivity index (χ4n) is 1.21. The van der Waals surface area contributed by atoms with Gasteiger partial charge >= 0.3 is 5.88 Å². The Morgan fingerprint density at radius 1 is 1.44 bits per heavy atom. The van der Waals surface area contributed by atoms with Gasteiger partial charge in [-0.1, -0.05) is 35.0 Å². The fourth-order valence-corrected chi connectivity index (χ4v) is 1.21.